The van der Waals surface area contributed by atoms with Crippen molar-refractivity contribution in [1.29, 1.82) is 0 Å². The van der Waals surface area contributed by atoms with E-state index in [1.807, 2.05) is 22.8 Å². The number of nitrogens with zero attached hydrogens (tertiary/aromatic N) is 7. The van der Waals surface area contributed by atoms with E-state index in [9.17, 15) is 19.0 Å². The number of nitrogen functional groups attached to an aromatic ring is 1. The lowest BCUT2D eigenvalue weighted by Gasteiger charge is -2.35. The van der Waals surface area contributed by atoms with Crippen LogP contribution in [0.5, 0.6) is 0 Å². The highest BCUT2D eigenvalue weighted by atomic mass is 35.5. The van der Waals surface area contributed by atoms with Crippen LogP contribution < -0.4 is 15.5 Å². The predicted octanol–water partition coefficient (Wildman–Crippen LogP) is 2.02. The fourth-order valence-corrected chi connectivity index (χ4v) is 5.10. The summed E-state index contributed by atoms with van der Waals surface area (Å²) < 4.78 is 28.8. The Morgan fingerprint density at radius 1 is 1.05 bits per heavy atom. The van der Waals surface area contributed by atoms with Crippen molar-refractivity contribution in [2.75, 3.05) is 61.4 Å². The maximum atomic E-state index is 13.6. The SMILES string of the molecule is Cc1c(/C=C/CN2CCN(c3cc(F)cc(F)c3)CC2)cnn1-c1cc(N2C[C@H](O)C[C@H]2CO)nc(N)n1.Cl. The van der Waals surface area contributed by atoms with Gasteiger partial charge in [0.25, 0.3) is 0 Å². The van der Waals surface area contributed by atoms with Gasteiger partial charge in [-0.05, 0) is 25.5 Å². The number of aliphatic hydroxyl groups excluding tert-OH is 2. The molecule has 3 aromatic rings. The van der Waals surface area contributed by atoms with Crippen molar-refractivity contribution in [1.82, 2.24) is 24.6 Å². The van der Waals surface area contributed by atoms with Crippen molar-refractivity contribution in [2.24, 2.45) is 0 Å². The number of rotatable bonds is 7. The minimum atomic E-state index is -0.564. The minimum Gasteiger partial charge on any atom is -0.394 e. The molecule has 4 N–H and O–H groups in total. The van der Waals surface area contributed by atoms with Crippen LogP contribution in [0.3, 0.4) is 0 Å². The second-order valence-electron chi connectivity index (χ2n) is 9.74. The number of piperazine rings is 1. The molecule has 2 aromatic heterocycles. The Balaban J connectivity index is 0.00000353. The first-order valence-electron chi connectivity index (χ1n) is 12.7. The summed E-state index contributed by atoms with van der Waals surface area (Å²) in [6.07, 6.45) is 5.77. The Labute approximate surface area is 231 Å². The van der Waals surface area contributed by atoms with Crippen molar-refractivity contribution < 1.29 is 19.0 Å². The molecule has 39 heavy (non-hydrogen) atoms. The molecule has 0 spiro atoms. The molecule has 10 nitrogen and oxygen atoms in total. The molecule has 0 bridgehead atoms. The largest absolute Gasteiger partial charge is 0.394 e. The standard InChI is InChI=1S/C26H32F2N8O2.ClH/c1-17-18(3-2-4-33-5-7-34(8-6-33)21-10-19(27)9-20(28)11-21)14-30-36(17)25-13-24(31-26(29)32-25)35-15-23(38)12-22(35)16-37;/h2-3,9-11,13-14,22-23,37-38H,4-8,12,15-16H2,1H3,(H2,29,31,32);1H/b3-2+;/t22-,23+;/m0./s1. The Kier molecular flexibility index (Phi) is 9.01. The molecule has 0 unspecified atom stereocenters. The maximum Gasteiger partial charge on any atom is 0.224 e. The molecular formula is C26H33ClF2N8O2. The third-order valence-electron chi connectivity index (χ3n) is 7.12. The number of β-amino-alcohol motifs (C(OH)–C–C–N with tert-alkyl or cyclic N) is 1. The molecule has 2 aliphatic rings. The second-order valence-corrected chi connectivity index (χ2v) is 9.74. The Morgan fingerprint density at radius 2 is 1.74 bits per heavy atom. The summed E-state index contributed by atoms with van der Waals surface area (Å²) >= 11 is 0. The van der Waals surface area contributed by atoms with Crippen LogP contribution in [0.2, 0.25) is 0 Å². The number of nitrogens with two attached hydrogens (primary N) is 1. The zero-order valence-electron chi connectivity index (χ0n) is 21.6. The summed E-state index contributed by atoms with van der Waals surface area (Å²) in [5, 5.41) is 24.2. The van der Waals surface area contributed by atoms with E-state index in [1.54, 1.807) is 16.9 Å². The van der Waals surface area contributed by atoms with Crippen molar-refractivity contribution in [3.8, 4) is 5.82 Å². The lowest BCUT2D eigenvalue weighted by atomic mass is 10.2. The van der Waals surface area contributed by atoms with Crippen LogP contribution in [0.25, 0.3) is 11.9 Å². The first-order chi connectivity index (χ1) is 18.3. The number of hydrogen-bond donors (Lipinski definition) is 3. The van der Waals surface area contributed by atoms with E-state index in [0.717, 1.165) is 37.0 Å². The molecule has 1 aromatic carbocycles. The van der Waals surface area contributed by atoms with E-state index >= 15 is 0 Å². The first kappa shape index (κ1) is 28.7. The van der Waals surface area contributed by atoms with Crippen molar-refractivity contribution in [3.05, 3.63) is 59.4 Å². The van der Waals surface area contributed by atoms with Crippen LogP contribution in [0, 0.1) is 18.6 Å². The lowest BCUT2D eigenvalue weighted by molar-refractivity contribution is 0.184. The van der Waals surface area contributed by atoms with Crippen molar-refractivity contribution in [2.45, 2.75) is 25.5 Å². The fourth-order valence-electron chi connectivity index (χ4n) is 5.10. The second kappa shape index (κ2) is 12.2. The normalized spacial score (nSPS) is 20.1. The van der Waals surface area contributed by atoms with Gasteiger partial charge < -0.3 is 25.7 Å². The Bertz CT molecular complexity index is 1290. The predicted molar refractivity (Wildman–Crippen MR) is 148 cm³/mol. The number of halogens is 3. The van der Waals surface area contributed by atoms with Crippen molar-refractivity contribution >= 4 is 35.9 Å². The molecule has 210 valence electrons. The van der Waals surface area contributed by atoms with Gasteiger partial charge in [0, 0.05) is 62.7 Å². The van der Waals surface area contributed by atoms with Crippen molar-refractivity contribution in [3.63, 3.8) is 0 Å². The highest BCUT2D eigenvalue weighted by molar-refractivity contribution is 5.85. The van der Waals surface area contributed by atoms with Gasteiger partial charge in [-0.25, -0.2) is 13.5 Å². The summed E-state index contributed by atoms with van der Waals surface area (Å²) in [6, 6.07) is 5.15. The molecule has 0 aliphatic carbocycles. The summed E-state index contributed by atoms with van der Waals surface area (Å²) in [5.74, 6) is 0.00301. The van der Waals surface area contributed by atoms with Crippen LogP contribution in [0.1, 0.15) is 17.7 Å². The number of aromatic nitrogens is 4. The highest BCUT2D eigenvalue weighted by Gasteiger charge is 2.32. The van der Waals surface area contributed by atoms with Gasteiger partial charge in [0.2, 0.25) is 5.95 Å². The van der Waals surface area contributed by atoms with E-state index < -0.39 is 17.7 Å². The number of hydrogen-bond acceptors (Lipinski definition) is 9. The lowest BCUT2D eigenvalue weighted by Crippen LogP contribution is -2.46. The zero-order valence-corrected chi connectivity index (χ0v) is 22.4. The van der Waals surface area contributed by atoms with Gasteiger partial charge in [0.15, 0.2) is 5.82 Å². The average molecular weight is 563 g/mol. The molecule has 2 aliphatic heterocycles. The van der Waals surface area contributed by atoms with Gasteiger partial charge in [-0.15, -0.1) is 12.4 Å². The molecule has 0 radical (unpaired) electrons. The number of benzene rings is 1. The van der Waals surface area contributed by atoms with Gasteiger partial charge in [-0.3, -0.25) is 4.90 Å². The molecule has 2 saturated heterocycles. The van der Waals surface area contributed by atoms with Crippen LogP contribution in [-0.4, -0.2) is 92.9 Å². The van der Waals surface area contributed by atoms with Crippen LogP contribution >= 0.6 is 12.4 Å². The van der Waals surface area contributed by atoms with Gasteiger partial charge in [-0.1, -0.05) is 12.2 Å². The molecule has 0 amide bonds. The molecule has 13 heteroatoms. The molecule has 2 atom stereocenters. The summed E-state index contributed by atoms with van der Waals surface area (Å²) in [4.78, 5) is 14.8. The fraction of sp³-hybridized carbons (Fsp3) is 0.423. The Morgan fingerprint density at radius 3 is 2.44 bits per heavy atom. The smallest absolute Gasteiger partial charge is 0.224 e. The minimum absolute atomic E-state index is 0. The molecule has 5 rings (SSSR count). The van der Waals surface area contributed by atoms with Gasteiger partial charge in [-0.2, -0.15) is 15.1 Å². The highest BCUT2D eigenvalue weighted by Crippen LogP contribution is 2.27. The first-order valence-corrected chi connectivity index (χ1v) is 12.7. The summed E-state index contributed by atoms with van der Waals surface area (Å²) in [7, 11) is 0. The van der Waals surface area contributed by atoms with Gasteiger partial charge >= 0.3 is 0 Å². The monoisotopic (exact) mass is 562 g/mol. The van der Waals surface area contributed by atoms with Gasteiger partial charge in [0.1, 0.15) is 17.5 Å². The molecule has 0 saturated carbocycles. The number of aliphatic hydroxyl groups is 2. The summed E-state index contributed by atoms with van der Waals surface area (Å²) in [6.45, 7) is 5.89. The van der Waals surface area contributed by atoms with E-state index in [0.29, 0.717) is 43.4 Å². The third kappa shape index (κ3) is 6.47. The van der Waals surface area contributed by atoms with Crippen LogP contribution in [-0.2, 0) is 0 Å². The van der Waals surface area contributed by atoms with E-state index in [1.165, 1.54) is 12.1 Å². The van der Waals surface area contributed by atoms with Crippen LogP contribution in [0.4, 0.5) is 26.2 Å². The molecule has 2 fully saturated rings. The maximum absolute atomic E-state index is 13.6. The topological polar surface area (TPSA) is 120 Å². The Hall–Kier alpha value is -3.32. The molecular weight excluding hydrogens is 530 g/mol. The van der Waals surface area contributed by atoms with E-state index in [-0.39, 0.29) is 31.0 Å². The number of anilines is 3. The third-order valence-corrected chi connectivity index (χ3v) is 7.12. The van der Waals surface area contributed by atoms with Gasteiger partial charge in [0.05, 0.1) is 30.6 Å². The van der Waals surface area contributed by atoms with E-state index in [2.05, 4.69) is 26.0 Å². The summed E-state index contributed by atoms with van der Waals surface area (Å²) in [5.41, 5.74) is 8.37. The van der Waals surface area contributed by atoms with E-state index in [4.69, 9.17) is 5.73 Å². The zero-order chi connectivity index (χ0) is 26.8. The molecule has 4 heterocycles. The average Bonchev–Trinajstić information content (AvgIpc) is 3.45. The van der Waals surface area contributed by atoms with Crippen LogP contribution in [0.15, 0.2) is 36.5 Å². The quantitative estimate of drug-likeness (QED) is 0.397.